The second kappa shape index (κ2) is 16.1. The second-order valence-corrected chi connectivity index (χ2v) is 10.1. The lowest BCUT2D eigenvalue weighted by Gasteiger charge is -2.23. The molecule has 0 aliphatic heterocycles. The largest absolute Gasteiger partial charge is 0.492 e. The zero-order valence-corrected chi connectivity index (χ0v) is 24.1. The molecule has 7 nitrogen and oxygen atoms in total. The molecule has 0 saturated heterocycles. The highest BCUT2D eigenvalue weighted by Crippen LogP contribution is 2.20. The molecule has 0 heterocycles. The van der Waals surface area contributed by atoms with Gasteiger partial charge >= 0.3 is 12.0 Å². The number of urea groups is 1. The van der Waals surface area contributed by atoms with Gasteiger partial charge in [0.2, 0.25) is 0 Å². The number of carboxylic acids is 1. The molecule has 0 fully saturated rings. The molecule has 0 bridgehead atoms. The third kappa shape index (κ3) is 10.8. The van der Waals surface area contributed by atoms with Gasteiger partial charge in [0, 0.05) is 47.8 Å². The highest BCUT2D eigenvalue weighted by Gasteiger charge is 2.18. The van der Waals surface area contributed by atoms with E-state index in [4.69, 9.17) is 32.7 Å². The van der Waals surface area contributed by atoms with Crippen molar-refractivity contribution in [1.29, 1.82) is 0 Å². The minimum atomic E-state index is -1.02. The Balaban J connectivity index is 1.58. The van der Waals surface area contributed by atoms with Crippen LogP contribution in [0, 0.1) is 11.6 Å². The quantitative estimate of drug-likeness (QED) is 0.205. The van der Waals surface area contributed by atoms with Crippen LogP contribution in [0.1, 0.15) is 30.0 Å². The molecule has 3 aromatic rings. The van der Waals surface area contributed by atoms with Crippen LogP contribution in [0.5, 0.6) is 5.75 Å². The summed E-state index contributed by atoms with van der Waals surface area (Å²) in [5.74, 6) is -1.90. The molecule has 3 rings (SSSR count). The summed E-state index contributed by atoms with van der Waals surface area (Å²) >= 11 is 12.2. The number of amides is 2. The maximum atomic E-state index is 14.0. The molecule has 3 aromatic carbocycles. The number of halogens is 4. The van der Waals surface area contributed by atoms with E-state index in [2.05, 4.69) is 5.32 Å². The van der Waals surface area contributed by atoms with E-state index in [0.717, 1.165) is 23.3 Å². The Kier molecular flexibility index (Phi) is 12.6. The number of aliphatic carboxylic acids is 1. The Hall–Kier alpha value is -3.40. The van der Waals surface area contributed by atoms with Crippen molar-refractivity contribution in [2.75, 3.05) is 26.3 Å². The highest BCUT2D eigenvalue weighted by molar-refractivity contribution is 6.34. The maximum absolute atomic E-state index is 14.0. The van der Waals surface area contributed by atoms with Crippen LogP contribution >= 0.6 is 23.2 Å². The first-order valence-electron chi connectivity index (χ1n) is 13.1. The van der Waals surface area contributed by atoms with Gasteiger partial charge in [0.15, 0.2) is 6.10 Å². The van der Waals surface area contributed by atoms with Gasteiger partial charge < -0.3 is 24.8 Å². The molecule has 1 unspecified atom stereocenters. The zero-order valence-electron chi connectivity index (χ0n) is 22.5. The molecule has 0 aromatic heterocycles. The molecule has 220 valence electrons. The summed E-state index contributed by atoms with van der Waals surface area (Å²) in [7, 11) is 0. The monoisotopic (exact) mass is 608 g/mol. The van der Waals surface area contributed by atoms with Crippen molar-refractivity contribution in [2.24, 2.45) is 0 Å². The van der Waals surface area contributed by atoms with Gasteiger partial charge in [0.05, 0.1) is 6.54 Å². The number of benzene rings is 3. The van der Waals surface area contributed by atoms with Crippen LogP contribution in [0.3, 0.4) is 0 Å². The average molecular weight is 609 g/mol. The lowest BCUT2D eigenvalue weighted by molar-refractivity contribution is -0.149. The summed E-state index contributed by atoms with van der Waals surface area (Å²) in [6.07, 6.45) is 0.529. The van der Waals surface area contributed by atoms with Crippen molar-refractivity contribution in [2.45, 2.75) is 38.8 Å². The van der Waals surface area contributed by atoms with Crippen LogP contribution in [-0.2, 0) is 28.9 Å². The van der Waals surface area contributed by atoms with Crippen molar-refractivity contribution >= 4 is 35.2 Å². The SMILES string of the molecule is CCOC(Cc1ccc(OCCN(CCCc2cc(Cl)cc(Cl)c2)C(=O)NCc2ccc(F)cc2F)cc1)C(=O)O. The number of carbonyl (C=O) groups excluding carboxylic acids is 1. The third-order valence-corrected chi connectivity index (χ3v) is 6.60. The number of carboxylic acid groups (broad SMARTS) is 1. The van der Waals surface area contributed by atoms with E-state index in [1.54, 1.807) is 42.2 Å². The molecule has 11 heteroatoms. The Morgan fingerprint density at radius 2 is 1.68 bits per heavy atom. The molecule has 0 saturated carbocycles. The van der Waals surface area contributed by atoms with Gasteiger partial charge in [0.1, 0.15) is 24.0 Å². The van der Waals surface area contributed by atoms with Crippen LogP contribution < -0.4 is 10.1 Å². The molecular weight excluding hydrogens is 577 g/mol. The first kappa shape index (κ1) is 32.1. The van der Waals surface area contributed by atoms with Gasteiger partial charge in [-0.15, -0.1) is 0 Å². The predicted octanol–water partition coefficient (Wildman–Crippen LogP) is 6.53. The minimum absolute atomic E-state index is 0.104. The number of ether oxygens (including phenoxy) is 2. The molecule has 0 radical (unpaired) electrons. The average Bonchev–Trinajstić information content (AvgIpc) is 2.91. The van der Waals surface area contributed by atoms with Crippen LogP contribution in [0.15, 0.2) is 60.7 Å². The zero-order chi connectivity index (χ0) is 29.8. The molecule has 0 aliphatic carbocycles. The van der Waals surface area contributed by atoms with Crippen molar-refractivity contribution in [3.8, 4) is 5.75 Å². The minimum Gasteiger partial charge on any atom is -0.492 e. The number of nitrogens with one attached hydrogen (secondary N) is 1. The number of carbonyl (C=O) groups is 2. The van der Waals surface area contributed by atoms with E-state index in [1.807, 2.05) is 12.1 Å². The fourth-order valence-corrected chi connectivity index (χ4v) is 4.69. The number of hydrogen-bond acceptors (Lipinski definition) is 4. The fourth-order valence-electron chi connectivity index (χ4n) is 4.12. The van der Waals surface area contributed by atoms with Gasteiger partial charge in [0.25, 0.3) is 0 Å². The smallest absolute Gasteiger partial charge is 0.333 e. The van der Waals surface area contributed by atoms with Crippen LogP contribution in [0.2, 0.25) is 10.0 Å². The summed E-state index contributed by atoms with van der Waals surface area (Å²) in [5.41, 5.74) is 1.88. The Labute approximate surface area is 248 Å². The summed E-state index contributed by atoms with van der Waals surface area (Å²) in [4.78, 5) is 25.9. The summed E-state index contributed by atoms with van der Waals surface area (Å²) in [6, 6.07) is 15.0. The second-order valence-electron chi connectivity index (χ2n) is 9.24. The highest BCUT2D eigenvalue weighted by atomic mass is 35.5. The molecule has 2 amide bonds. The Bertz CT molecular complexity index is 1290. The Morgan fingerprint density at radius 3 is 2.32 bits per heavy atom. The standard InChI is InChI=1S/C30H32Cl2F2N2O5/c1-2-40-28(29(37)38)16-20-5-9-26(10-6-20)41-13-12-36(11-3-4-21-14-23(31)17-24(32)15-21)30(39)35-19-22-7-8-25(33)18-27(22)34/h5-10,14-15,17-18,28H,2-4,11-13,16,19H2,1H3,(H,35,39)(H,37,38). The fraction of sp³-hybridized carbons (Fsp3) is 0.333. The molecule has 0 spiro atoms. The van der Waals surface area contributed by atoms with E-state index in [0.29, 0.717) is 41.8 Å². The van der Waals surface area contributed by atoms with Crippen molar-refractivity contribution in [3.63, 3.8) is 0 Å². The predicted molar refractivity (Wildman–Crippen MR) is 154 cm³/mol. The van der Waals surface area contributed by atoms with Crippen LogP contribution in [0.4, 0.5) is 13.6 Å². The normalized spacial score (nSPS) is 11.6. The van der Waals surface area contributed by atoms with E-state index < -0.39 is 29.7 Å². The van der Waals surface area contributed by atoms with Crippen LogP contribution in [0.25, 0.3) is 0 Å². The first-order valence-corrected chi connectivity index (χ1v) is 13.9. The third-order valence-electron chi connectivity index (χ3n) is 6.17. The number of hydrogen-bond donors (Lipinski definition) is 2. The van der Waals surface area contributed by atoms with Gasteiger partial charge in [-0.05, 0) is 67.3 Å². The van der Waals surface area contributed by atoms with E-state index >= 15 is 0 Å². The lowest BCUT2D eigenvalue weighted by atomic mass is 10.1. The summed E-state index contributed by atoms with van der Waals surface area (Å²) < 4.78 is 38.4. The van der Waals surface area contributed by atoms with E-state index in [9.17, 15) is 23.5 Å². The van der Waals surface area contributed by atoms with Crippen LogP contribution in [-0.4, -0.2) is 54.4 Å². The van der Waals surface area contributed by atoms with Gasteiger partial charge in [-0.3, -0.25) is 0 Å². The number of aryl methyl sites for hydroxylation is 1. The van der Waals surface area contributed by atoms with Gasteiger partial charge in [-0.1, -0.05) is 41.4 Å². The topological polar surface area (TPSA) is 88.1 Å². The van der Waals surface area contributed by atoms with E-state index in [1.165, 1.54) is 6.07 Å². The van der Waals surface area contributed by atoms with Crippen molar-refractivity contribution < 1.29 is 33.0 Å². The molecule has 2 N–H and O–H groups in total. The van der Waals surface area contributed by atoms with Gasteiger partial charge in [-0.25, -0.2) is 18.4 Å². The van der Waals surface area contributed by atoms with Gasteiger partial charge in [-0.2, -0.15) is 0 Å². The molecule has 41 heavy (non-hydrogen) atoms. The molecule has 1 atom stereocenters. The summed E-state index contributed by atoms with van der Waals surface area (Å²) in [5, 5.41) is 13.0. The molecular formula is C30H32Cl2F2N2O5. The number of nitrogens with zero attached hydrogens (tertiary/aromatic N) is 1. The first-order chi connectivity index (χ1) is 19.6. The van der Waals surface area contributed by atoms with Crippen molar-refractivity contribution in [1.82, 2.24) is 10.2 Å². The molecule has 0 aliphatic rings. The van der Waals surface area contributed by atoms with Crippen molar-refractivity contribution in [3.05, 3.63) is 99.0 Å². The van der Waals surface area contributed by atoms with E-state index in [-0.39, 0.29) is 31.7 Å². The summed E-state index contributed by atoms with van der Waals surface area (Å²) in [6.45, 7) is 2.72. The number of rotatable bonds is 15. The lowest BCUT2D eigenvalue weighted by Crippen LogP contribution is -2.42. The maximum Gasteiger partial charge on any atom is 0.333 e. The Morgan fingerprint density at radius 1 is 0.976 bits per heavy atom.